The van der Waals surface area contributed by atoms with E-state index in [1.165, 1.54) is 0 Å². The number of nitrogens with two attached hydrogens (primary N) is 1. The summed E-state index contributed by atoms with van der Waals surface area (Å²) in [7, 11) is 0. The van der Waals surface area contributed by atoms with E-state index in [4.69, 9.17) is 10.5 Å². The highest BCUT2D eigenvalue weighted by molar-refractivity contribution is 5.90. The van der Waals surface area contributed by atoms with Crippen molar-refractivity contribution in [2.75, 3.05) is 11.9 Å². The Balaban J connectivity index is 2.93. The van der Waals surface area contributed by atoms with Gasteiger partial charge in [0.2, 0.25) is 11.8 Å². The molecule has 11 nitrogen and oxygen atoms in total. The molecule has 3 unspecified atom stereocenters. The fraction of sp³-hybridized carbons (Fsp3) is 0.630. The van der Waals surface area contributed by atoms with E-state index < -0.39 is 35.7 Å². The lowest BCUT2D eigenvalue weighted by molar-refractivity contribution is -0.148. The highest BCUT2D eigenvalue weighted by atomic mass is 16.5. The number of anilines is 1. The molecule has 1 rings (SSSR count). The van der Waals surface area contributed by atoms with Crippen LogP contribution in [0.15, 0.2) is 24.3 Å². The Bertz CT molecular complexity index is 927. The predicted octanol–water partition coefficient (Wildman–Crippen LogP) is 2.24. The van der Waals surface area contributed by atoms with Gasteiger partial charge in [-0.05, 0) is 36.5 Å². The summed E-state index contributed by atoms with van der Waals surface area (Å²) in [5, 5.41) is 22.1. The smallest absolute Gasteiger partial charge is 0.312 e. The van der Waals surface area contributed by atoms with Crippen LogP contribution in [0.4, 0.5) is 10.5 Å². The molecule has 38 heavy (non-hydrogen) atoms. The van der Waals surface area contributed by atoms with Crippen LogP contribution in [-0.4, -0.2) is 53.8 Å². The van der Waals surface area contributed by atoms with Crippen molar-refractivity contribution >= 4 is 29.5 Å². The first kappa shape index (κ1) is 32.7. The summed E-state index contributed by atoms with van der Waals surface area (Å²) >= 11 is 0. The van der Waals surface area contributed by atoms with E-state index in [9.17, 15) is 24.3 Å². The molecule has 0 heterocycles. The third-order valence-corrected chi connectivity index (χ3v) is 5.74. The van der Waals surface area contributed by atoms with Gasteiger partial charge in [0.15, 0.2) is 0 Å². The topological polar surface area (TPSA) is 172 Å². The molecule has 0 saturated carbocycles. The molecule has 7 N–H and O–H groups in total. The number of primary amides is 1. The van der Waals surface area contributed by atoms with Gasteiger partial charge >= 0.3 is 12.0 Å². The summed E-state index contributed by atoms with van der Waals surface area (Å²) in [6.07, 6.45) is -0.419. The minimum Gasteiger partial charge on any atom is -0.461 e. The number of rotatable bonds is 14. The number of aliphatic hydroxyl groups excluding tert-OH is 1. The SMILES string of the molecule is CC(C)C(=O)OCc1ccc(NC(O)C(CCCNC(N)=O)NC(=O)C(NC(=O)C(C)(C)C)C(C)C)cc1. The molecule has 11 heteroatoms. The summed E-state index contributed by atoms with van der Waals surface area (Å²) < 4.78 is 5.23. The lowest BCUT2D eigenvalue weighted by atomic mass is 9.93. The maximum atomic E-state index is 13.2. The number of esters is 1. The average Bonchev–Trinajstić information content (AvgIpc) is 2.82. The molecule has 214 valence electrons. The molecule has 0 aromatic heterocycles. The molecule has 0 aliphatic heterocycles. The number of benzene rings is 1. The Hall–Kier alpha value is -3.34. The maximum absolute atomic E-state index is 13.2. The lowest BCUT2D eigenvalue weighted by Crippen LogP contribution is -2.56. The number of amides is 4. The van der Waals surface area contributed by atoms with Crippen molar-refractivity contribution in [3.8, 4) is 0 Å². The minimum atomic E-state index is -1.18. The summed E-state index contributed by atoms with van der Waals surface area (Å²) in [6, 6.07) is 4.80. The van der Waals surface area contributed by atoms with Crippen molar-refractivity contribution in [1.82, 2.24) is 16.0 Å². The van der Waals surface area contributed by atoms with Gasteiger partial charge in [0.25, 0.3) is 0 Å². The molecule has 0 saturated heterocycles. The first-order valence-electron chi connectivity index (χ1n) is 13.0. The number of ether oxygens (including phenoxy) is 1. The fourth-order valence-corrected chi connectivity index (χ4v) is 3.30. The van der Waals surface area contributed by atoms with E-state index in [0.29, 0.717) is 18.5 Å². The van der Waals surface area contributed by atoms with Crippen molar-refractivity contribution in [2.24, 2.45) is 23.0 Å². The monoisotopic (exact) mass is 535 g/mol. The van der Waals surface area contributed by atoms with Gasteiger partial charge in [-0.3, -0.25) is 14.4 Å². The zero-order valence-electron chi connectivity index (χ0n) is 23.6. The van der Waals surface area contributed by atoms with Crippen molar-refractivity contribution < 1.29 is 29.0 Å². The first-order valence-corrected chi connectivity index (χ1v) is 13.0. The quantitative estimate of drug-likeness (QED) is 0.120. The van der Waals surface area contributed by atoms with Gasteiger partial charge in [0.05, 0.1) is 12.0 Å². The van der Waals surface area contributed by atoms with Crippen LogP contribution in [0.2, 0.25) is 0 Å². The van der Waals surface area contributed by atoms with Gasteiger partial charge in [-0.2, -0.15) is 0 Å². The van der Waals surface area contributed by atoms with Crippen LogP contribution in [0, 0.1) is 17.3 Å². The second kappa shape index (κ2) is 15.2. The molecule has 0 fully saturated rings. The molecule has 0 radical (unpaired) electrons. The average molecular weight is 536 g/mol. The second-order valence-electron chi connectivity index (χ2n) is 11.0. The molecule has 1 aromatic carbocycles. The highest BCUT2D eigenvalue weighted by Gasteiger charge is 2.31. The first-order chi connectivity index (χ1) is 17.6. The standard InChI is InChI=1S/C27H45N5O6/c1-16(2)21(32-25(36)27(5,6)7)23(34)31-20(9-8-14-29-26(28)37)22(33)30-19-12-10-18(11-13-19)15-38-24(35)17(3)4/h10-13,16-17,20-22,30,33H,8-9,14-15H2,1-7H3,(H,31,34)(H,32,36)(H3,28,29,37). The maximum Gasteiger partial charge on any atom is 0.312 e. The molecule has 0 bridgehead atoms. The van der Waals surface area contributed by atoms with Gasteiger partial charge < -0.3 is 36.8 Å². The highest BCUT2D eigenvalue weighted by Crippen LogP contribution is 2.17. The number of hydrogen-bond donors (Lipinski definition) is 6. The van der Waals surface area contributed by atoms with Gasteiger partial charge in [-0.15, -0.1) is 0 Å². The molecule has 4 amide bonds. The Labute approximate surface area is 225 Å². The van der Waals surface area contributed by atoms with E-state index in [0.717, 1.165) is 5.56 Å². The van der Waals surface area contributed by atoms with Gasteiger partial charge in [0.1, 0.15) is 18.9 Å². The Morgan fingerprint density at radius 2 is 1.61 bits per heavy atom. The molecule has 0 aliphatic rings. The van der Waals surface area contributed by atoms with Gasteiger partial charge in [-0.1, -0.05) is 60.6 Å². The third-order valence-electron chi connectivity index (χ3n) is 5.74. The Morgan fingerprint density at radius 1 is 1.00 bits per heavy atom. The van der Waals surface area contributed by atoms with Crippen LogP contribution in [-0.2, 0) is 25.7 Å². The van der Waals surface area contributed by atoms with E-state index in [-0.39, 0.29) is 36.9 Å². The van der Waals surface area contributed by atoms with Crippen LogP contribution in [0.3, 0.4) is 0 Å². The number of carbonyl (C=O) groups is 4. The molecule has 1 aromatic rings. The van der Waals surface area contributed by atoms with Crippen molar-refractivity contribution in [3.63, 3.8) is 0 Å². The van der Waals surface area contributed by atoms with E-state index in [1.807, 2.05) is 13.8 Å². The number of carbonyl (C=O) groups excluding carboxylic acids is 4. The fourth-order valence-electron chi connectivity index (χ4n) is 3.30. The Morgan fingerprint density at radius 3 is 2.11 bits per heavy atom. The van der Waals surface area contributed by atoms with Crippen LogP contribution >= 0.6 is 0 Å². The Kier molecular flexibility index (Phi) is 13.0. The normalized spacial score (nSPS) is 13.8. The summed E-state index contributed by atoms with van der Waals surface area (Å²) in [5.41, 5.74) is 5.83. The van der Waals surface area contributed by atoms with Gasteiger partial charge in [0, 0.05) is 17.6 Å². The summed E-state index contributed by atoms with van der Waals surface area (Å²) in [4.78, 5) is 48.4. The van der Waals surface area contributed by atoms with Crippen LogP contribution in [0.1, 0.15) is 66.9 Å². The summed E-state index contributed by atoms with van der Waals surface area (Å²) in [5.74, 6) is -1.38. The third kappa shape index (κ3) is 11.8. The minimum absolute atomic E-state index is 0.141. The van der Waals surface area contributed by atoms with Crippen molar-refractivity contribution in [3.05, 3.63) is 29.8 Å². The van der Waals surface area contributed by atoms with Crippen LogP contribution in [0.5, 0.6) is 0 Å². The summed E-state index contributed by atoms with van der Waals surface area (Å²) in [6.45, 7) is 12.9. The van der Waals surface area contributed by atoms with Crippen LogP contribution < -0.4 is 27.0 Å². The number of nitrogens with one attached hydrogen (secondary N) is 4. The van der Waals surface area contributed by atoms with Crippen molar-refractivity contribution in [2.45, 2.75) is 86.2 Å². The number of urea groups is 1. The van der Waals surface area contributed by atoms with E-state index in [1.54, 1.807) is 58.9 Å². The zero-order chi connectivity index (χ0) is 29.0. The van der Waals surface area contributed by atoms with E-state index in [2.05, 4.69) is 21.3 Å². The predicted molar refractivity (Wildman–Crippen MR) is 146 cm³/mol. The van der Waals surface area contributed by atoms with Crippen molar-refractivity contribution in [1.29, 1.82) is 0 Å². The molecular weight excluding hydrogens is 490 g/mol. The van der Waals surface area contributed by atoms with Gasteiger partial charge in [-0.25, -0.2) is 4.79 Å². The number of aliphatic hydroxyl groups is 1. The molecule has 0 aliphatic carbocycles. The van der Waals surface area contributed by atoms with E-state index >= 15 is 0 Å². The largest absolute Gasteiger partial charge is 0.461 e. The molecule has 3 atom stereocenters. The van der Waals surface area contributed by atoms with Crippen LogP contribution in [0.25, 0.3) is 0 Å². The second-order valence-corrected chi connectivity index (χ2v) is 11.0. The number of hydrogen-bond acceptors (Lipinski definition) is 7. The molecular formula is C27H45N5O6. The lowest BCUT2D eigenvalue weighted by Gasteiger charge is -2.30. The molecule has 0 spiro atoms. The zero-order valence-corrected chi connectivity index (χ0v) is 23.6.